The molecule has 0 bridgehead atoms. The molecule has 0 aliphatic heterocycles. The molecule has 0 unspecified atom stereocenters. The summed E-state index contributed by atoms with van der Waals surface area (Å²) >= 11 is 0. The van der Waals surface area contributed by atoms with Gasteiger partial charge in [-0.2, -0.15) is 0 Å². The topological polar surface area (TPSA) is 26.3 Å². The smallest absolute Gasteiger partial charge is 0.302 e. The average molecular weight is 415 g/mol. The second-order valence-corrected chi connectivity index (χ2v) is 12.2. The van der Waals surface area contributed by atoms with Gasteiger partial charge in [-0.05, 0) is 91.8 Å². The highest BCUT2D eigenvalue weighted by molar-refractivity contribution is 5.66. The molecule has 0 spiro atoms. The van der Waals surface area contributed by atoms with E-state index in [4.69, 9.17) is 4.74 Å². The number of carbonyl (C=O) groups is 1. The molecular formula is C28H46O2. The van der Waals surface area contributed by atoms with Crippen LogP contribution in [0.5, 0.6) is 0 Å². The van der Waals surface area contributed by atoms with E-state index in [9.17, 15) is 4.79 Å². The molecule has 4 rings (SSSR count). The Morgan fingerprint density at radius 1 is 1.10 bits per heavy atom. The molecule has 0 amide bonds. The monoisotopic (exact) mass is 414 g/mol. The summed E-state index contributed by atoms with van der Waals surface area (Å²) in [6.45, 7) is 11.5. The van der Waals surface area contributed by atoms with Crippen LogP contribution in [0.3, 0.4) is 0 Å². The molecule has 4 aliphatic rings. The Hall–Kier alpha value is -0.790. The molecule has 2 heteroatoms. The predicted molar refractivity (Wildman–Crippen MR) is 124 cm³/mol. The van der Waals surface area contributed by atoms with E-state index in [0.29, 0.717) is 10.8 Å². The van der Waals surface area contributed by atoms with Crippen LogP contribution in [0.1, 0.15) is 112 Å². The predicted octanol–water partition coefficient (Wildman–Crippen LogP) is 7.71. The zero-order valence-electron chi connectivity index (χ0n) is 20.3. The van der Waals surface area contributed by atoms with E-state index in [1.54, 1.807) is 12.5 Å². The van der Waals surface area contributed by atoms with Gasteiger partial charge in [0.1, 0.15) is 6.10 Å². The second kappa shape index (κ2) is 8.62. The van der Waals surface area contributed by atoms with Crippen molar-refractivity contribution in [3.63, 3.8) is 0 Å². The van der Waals surface area contributed by atoms with E-state index < -0.39 is 0 Å². The van der Waals surface area contributed by atoms with Gasteiger partial charge in [0.25, 0.3) is 0 Å². The van der Waals surface area contributed by atoms with Crippen molar-refractivity contribution in [2.45, 2.75) is 118 Å². The molecule has 2 nitrogen and oxygen atoms in total. The Bertz CT molecular complexity index is 664. The van der Waals surface area contributed by atoms with E-state index in [1.807, 2.05) is 0 Å². The zero-order chi connectivity index (χ0) is 21.5. The number of esters is 1. The van der Waals surface area contributed by atoms with Crippen molar-refractivity contribution in [2.24, 2.45) is 40.4 Å². The Labute approximate surface area is 185 Å². The Morgan fingerprint density at radius 3 is 2.63 bits per heavy atom. The van der Waals surface area contributed by atoms with Gasteiger partial charge in [0.05, 0.1) is 0 Å². The van der Waals surface area contributed by atoms with Crippen LogP contribution < -0.4 is 0 Å². The van der Waals surface area contributed by atoms with Crippen molar-refractivity contribution in [2.75, 3.05) is 0 Å². The molecule has 30 heavy (non-hydrogen) atoms. The number of rotatable bonds is 6. The van der Waals surface area contributed by atoms with Crippen molar-refractivity contribution in [1.29, 1.82) is 0 Å². The molecule has 3 fully saturated rings. The van der Waals surface area contributed by atoms with Crippen LogP contribution in [0, 0.1) is 40.4 Å². The minimum absolute atomic E-state index is 0.114. The van der Waals surface area contributed by atoms with Crippen molar-refractivity contribution >= 4 is 5.97 Å². The highest BCUT2D eigenvalue weighted by Crippen LogP contribution is 2.66. The third-order valence-electron chi connectivity index (χ3n) is 10.2. The zero-order valence-corrected chi connectivity index (χ0v) is 20.3. The van der Waals surface area contributed by atoms with Crippen molar-refractivity contribution in [3.8, 4) is 0 Å². The number of carbonyl (C=O) groups excluding carboxylic acids is 1. The molecule has 0 heterocycles. The summed E-state index contributed by atoms with van der Waals surface area (Å²) in [7, 11) is 0. The molecule has 4 aliphatic carbocycles. The van der Waals surface area contributed by atoms with Crippen molar-refractivity contribution in [3.05, 3.63) is 11.6 Å². The van der Waals surface area contributed by atoms with Gasteiger partial charge < -0.3 is 4.74 Å². The summed E-state index contributed by atoms with van der Waals surface area (Å²) in [6.07, 6.45) is 18.8. The highest BCUT2D eigenvalue weighted by Gasteiger charge is 2.58. The van der Waals surface area contributed by atoms with E-state index in [2.05, 4.69) is 33.8 Å². The molecule has 0 aromatic heterocycles. The SMILES string of the molecule is CC(=O)O[C@H]1CC[C@@]2(C)C(=CC[C@@H]3[C@H]4CC[C@@H](CCCCC(C)C)[C@@]4(C)CC[C@@H]32)C1. The third-order valence-corrected chi connectivity index (χ3v) is 10.2. The van der Waals surface area contributed by atoms with Crippen LogP contribution in [0.25, 0.3) is 0 Å². The van der Waals surface area contributed by atoms with Crippen LogP contribution in [-0.2, 0) is 9.53 Å². The summed E-state index contributed by atoms with van der Waals surface area (Å²) in [5, 5.41) is 0. The fraction of sp³-hybridized carbons (Fsp3) is 0.893. The Kier molecular flexibility index (Phi) is 6.44. The van der Waals surface area contributed by atoms with E-state index in [0.717, 1.165) is 42.4 Å². The van der Waals surface area contributed by atoms with Crippen LogP contribution in [-0.4, -0.2) is 12.1 Å². The van der Waals surface area contributed by atoms with Gasteiger partial charge in [-0.3, -0.25) is 4.79 Å². The standard InChI is InChI=1S/C28H46O2/c1-19(2)8-6-7-9-21-11-13-25-24-12-10-22-18-23(30-20(3)29)14-16-28(22,5)26(24)15-17-27(21,25)4/h10,19,21,23-26H,6-9,11-18H2,1-5H3/t21-,23+,24-,25-,26+,27-,28+/m1/s1. The van der Waals surface area contributed by atoms with Crippen molar-refractivity contribution in [1.82, 2.24) is 0 Å². The molecule has 0 aromatic rings. The number of allylic oxidation sites excluding steroid dienone is 1. The average Bonchev–Trinajstić information content (AvgIpc) is 3.01. The lowest BCUT2D eigenvalue weighted by molar-refractivity contribution is -0.148. The van der Waals surface area contributed by atoms with Crippen LogP contribution in [0.15, 0.2) is 11.6 Å². The van der Waals surface area contributed by atoms with Gasteiger partial charge in [0.2, 0.25) is 0 Å². The van der Waals surface area contributed by atoms with Gasteiger partial charge in [-0.1, -0.05) is 58.6 Å². The number of hydrogen-bond acceptors (Lipinski definition) is 2. The summed E-state index contributed by atoms with van der Waals surface area (Å²) in [4.78, 5) is 11.5. The molecule has 0 N–H and O–H groups in total. The normalized spacial score (nSPS) is 42.9. The summed E-state index contributed by atoms with van der Waals surface area (Å²) in [6, 6.07) is 0. The first kappa shape index (κ1) is 22.4. The molecule has 0 aromatic carbocycles. The van der Waals surface area contributed by atoms with Gasteiger partial charge >= 0.3 is 5.97 Å². The maximum Gasteiger partial charge on any atom is 0.302 e. The lowest BCUT2D eigenvalue weighted by Crippen LogP contribution is -2.50. The van der Waals surface area contributed by atoms with E-state index in [-0.39, 0.29) is 12.1 Å². The van der Waals surface area contributed by atoms with Gasteiger partial charge in [0.15, 0.2) is 0 Å². The highest BCUT2D eigenvalue weighted by atomic mass is 16.5. The molecule has 170 valence electrons. The molecule has 3 saturated carbocycles. The molecular weight excluding hydrogens is 368 g/mol. The number of fused-ring (bicyclic) bond motifs is 5. The van der Waals surface area contributed by atoms with E-state index in [1.165, 1.54) is 64.2 Å². The number of hydrogen-bond donors (Lipinski definition) is 0. The molecule has 7 atom stereocenters. The summed E-state index contributed by atoms with van der Waals surface area (Å²) < 4.78 is 5.60. The van der Waals surface area contributed by atoms with Crippen LogP contribution >= 0.6 is 0 Å². The Morgan fingerprint density at radius 2 is 1.90 bits per heavy atom. The second-order valence-electron chi connectivity index (χ2n) is 12.2. The van der Waals surface area contributed by atoms with E-state index >= 15 is 0 Å². The van der Waals surface area contributed by atoms with Crippen molar-refractivity contribution < 1.29 is 9.53 Å². The third kappa shape index (κ3) is 4.02. The minimum atomic E-state index is -0.114. The fourth-order valence-electron chi connectivity index (χ4n) is 8.49. The lowest BCUT2D eigenvalue weighted by Gasteiger charge is -2.58. The number of unbranched alkanes of at least 4 members (excludes halogenated alkanes) is 1. The quantitative estimate of drug-likeness (QED) is 0.253. The fourth-order valence-corrected chi connectivity index (χ4v) is 8.49. The first-order chi connectivity index (χ1) is 14.2. The van der Waals surface area contributed by atoms with Crippen LogP contribution in [0.2, 0.25) is 0 Å². The first-order valence-electron chi connectivity index (χ1n) is 13.1. The lowest BCUT2D eigenvalue weighted by atomic mass is 9.47. The molecule has 0 radical (unpaired) electrons. The first-order valence-corrected chi connectivity index (χ1v) is 13.1. The molecule has 0 saturated heterocycles. The summed E-state index contributed by atoms with van der Waals surface area (Å²) in [5.74, 6) is 4.39. The van der Waals surface area contributed by atoms with Gasteiger partial charge in [-0.25, -0.2) is 0 Å². The van der Waals surface area contributed by atoms with Gasteiger partial charge in [0, 0.05) is 13.3 Å². The maximum absolute atomic E-state index is 11.5. The van der Waals surface area contributed by atoms with Crippen LogP contribution in [0.4, 0.5) is 0 Å². The summed E-state index contributed by atoms with van der Waals surface area (Å²) in [5.41, 5.74) is 2.57. The maximum atomic E-state index is 11.5. The largest absolute Gasteiger partial charge is 0.462 e. The Balaban J connectivity index is 1.44. The van der Waals surface area contributed by atoms with Gasteiger partial charge in [-0.15, -0.1) is 0 Å². The minimum Gasteiger partial charge on any atom is -0.462 e. The number of ether oxygens (including phenoxy) is 1.